The van der Waals surface area contributed by atoms with E-state index in [2.05, 4.69) is 14.9 Å². The van der Waals surface area contributed by atoms with Gasteiger partial charge in [0.05, 0.1) is 23.4 Å². The first-order valence-corrected chi connectivity index (χ1v) is 5.71. The van der Waals surface area contributed by atoms with Crippen molar-refractivity contribution < 1.29 is 22.7 Å². The lowest BCUT2D eigenvalue weighted by molar-refractivity contribution is -0.137. The molecule has 0 saturated carbocycles. The highest BCUT2D eigenvalue weighted by Crippen LogP contribution is 2.35. The van der Waals surface area contributed by atoms with E-state index in [-0.39, 0.29) is 22.0 Å². The average molecular weight is 305 g/mol. The number of carbonyl (C=O) groups is 1. The van der Waals surface area contributed by atoms with Gasteiger partial charge in [0.15, 0.2) is 0 Å². The van der Waals surface area contributed by atoms with Crippen LogP contribution in [-0.2, 0) is 10.9 Å². The highest BCUT2D eigenvalue weighted by Gasteiger charge is 2.31. The number of rotatable bonds is 2. The number of H-pyrrole nitrogens is 1. The number of halogens is 4. The second-order valence-electron chi connectivity index (χ2n) is 3.85. The van der Waals surface area contributed by atoms with Gasteiger partial charge in [-0.05, 0) is 24.3 Å². The first kappa shape index (κ1) is 14.4. The molecule has 1 aromatic carbocycles. The molecule has 0 fully saturated rings. The van der Waals surface area contributed by atoms with Gasteiger partial charge < -0.3 is 4.74 Å². The Morgan fingerprint density at radius 1 is 1.35 bits per heavy atom. The minimum atomic E-state index is -4.49. The lowest BCUT2D eigenvalue weighted by Crippen LogP contribution is -2.04. The summed E-state index contributed by atoms with van der Waals surface area (Å²) in [6, 6.07) is 4.15. The van der Waals surface area contributed by atoms with E-state index in [1.54, 1.807) is 0 Å². The van der Waals surface area contributed by atoms with Crippen LogP contribution in [-0.4, -0.2) is 23.3 Å². The molecular weight excluding hydrogens is 297 g/mol. The van der Waals surface area contributed by atoms with Crippen molar-refractivity contribution >= 4 is 17.6 Å². The smallest absolute Gasteiger partial charge is 0.416 e. The fourth-order valence-electron chi connectivity index (χ4n) is 1.57. The molecule has 2 aromatic rings. The van der Waals surface area contributed by atoms with Crippen LogP contribution >= 0.6 is 11.6 Å². The van der Waals surface area contributed by atoms with E-state index in [1.807, 2.05) is 0 Å². The maximum atomic E-state index is 12.7. The Morgan fingerprint density at radius 2 is 2.05 bits per heavy atom. The van der Waals surface area contributed by atoms with Gasteiger partial charge >= 0.3 is 12.1 Å². The Bertz CT molecular complexity index is 652. The summed E-state index contributed by atoms with van der Waals surface area (Å²) in [7, 11) is 1.18. The molecule has 0 unspecified atom stereocenters. The normalized spacial score (nSPS) is 11.4. The van der Waals surface area contributed by atoms with Gasteiger partial charge in [-0.25, -0.2) is 4.79 Å². The van der Waals surface area contributed by atoms with E-state index in [0.717, 1.165) is 18.2 Å². The van der Waals surface area contributed by atoms with Gasteiger partial charge in [0.25, 0.3) is 0 Å². The third kappa shape index (κ3) is 2.77. The zero-order valence-corrected chi connectivity index (χ0v) is 10.8. The van der Waals surface area contributed by atoms with Crippen LogP contribution < -0.4 is 0 Å². The summed E-state index contributed by atoms with van der Waals surface area (Å²) in [5.74, 6) is -0.674. The molecule has 0 radical (unpaired) electrons. The predicted molar refractivity (Wildman–Crippen MR) is 65.4 cm³/mol. The molecule has 1 aromatic heterocycles. The molecule has 20 heavy (non-hydrogen) atoms. The molecule has 2 rings (SSSR count). The Hall–Kier alpha value is -2.02. The van der Waals surface area contributed by atoms with Crippen molar-refractivity contribution in [2.24, 2.45) is 0 Å². The van der Waals surface area contributed by atoms with Gasteiger partial charge in [-0.3, -0.25) is 5.10 Å². The minimum absolute atomic E-state index is 0.0241. The van der Waals surface area contributed by atoms with Crippen molar-refractivity contribution in [3.63, 3.8) is 0 Å². The second kappa shape index (κ2) is 5.16. The Morgan fingerprint density at radius 3 is 2.65 bits per heavy atom. The number of nitrogens with zero attached hydrogens (tertiary/aromatic N) is 1. The summed E-state index contributed by atoms with van der Waals surface area (Å²) in [5, 5.41) is 6.24. The summed E-state index contributed by atoms with van der Waals surface area (Å²) < 4.78 is 42.4. The molecule has 0 aliphatic carbocycles. The van der Waals surface area contributed by atoms with E-state index in [9.17, 15) is 18.0 Å². The summed E-state index contributed by atoms with van der Waals surface area (Å²) >= 11 is 5.87. The molecule has 4 nitrogen and oxygen atoms in total. The van der Waals surface area contributed by atoms with Gasteiger partial charge in [0, 0.05) is 5.56 Å². The third-order valence-electron chi connectivity index (χ3n) is 2.55. The zero-order chi connectivity index (χ0) is 14.9. The fraction of sp³-hybridized carbons (Fsp3) is 0.167. The van der Waals surface area contributed by atoms with E-state index >= 15 is 0 Å². The number of alkyl halides is 3. The monoisotopic (exact) mass is 304 g/mol. The molecule has 106 valence electrons. The van der Waals surface area contributed by atoms with Gasteiger partial charge in [-0.15, -0.1) is 0 Å². The topological polar surface area (TPSA) is 55.0 Å². The summed E-state index contributed by atoms with van der Waals surface area (Å²) in [6.45, 7) is 0. The quantitative estimate of drug-likeness (QED) is 0.863. The van der Waals surface area contributed by atoms with E-state index in [4.69, 9.17) is 11.6 Å². The van der Waals surface area contributed by atoms with Crippen molar-refractivity contribution in [3.05, 3.63) is 40.5 Å². The summed E-state index contributed by atoms with van der Waals surface area (Å²) in [5.41, 5.74) is -0.620. The van der Waals surface area contributed by atoms with Gasteiger partial charge in [-0.1, -0.05) is 11.6 Å². The Balaban J connectivity index is 2.47. The number of ether oxygens (including phenoxy) is 1. The van der Waals surface area contributed by atoms with Gasteiger partial charge in [0.2, 0.25) is 0 Å². The highest BCUT2D eigenvalue weighted by molar-refractivity contribution is 6.33. The third-order valence-corrected chi connectivity index (χ3v) is 2.88. The summed E-state index contributed by atoms with van der Waals surface area (Å²) in [4.78, 5) is 11.3. The molecule has 1 N–H and O–H groups in total. The van der Waals surface area contributed by atoms with Crippen LogP contribution in [0.2, 0.25) is 5.02 Å². The van der Waals surface area contributed by atoms with Crippen molar-refractivity contribution in [2.75, 3.05) is 7.11 Å². The molecular formula is C12H8ClF3N2O2. The van der Waals surface area contributed by atoms with Crippen LogP contribution in [0.1, 0.15) is 16.1 Å². The highest BCUT2D eigenvalue weighted by atomic mass is 35.5. The van der Waals surface area contributed by atoms with Crippen molar-refractivity contribution in [2.45, 2.75) is 6.18 Å². The van der Waals surface area contributed by atoms with Crippen LogP contribution in [0.25, 0.3) is 11.3 Å². The first-order chi connectivity index (χ1) is 9.32. The number of benzene rings is 1. The molecule has 0 bridgehead atoms. The van der Waals surface area contributed by atoms with Crippen molar-refractivity contribution in [1.29, 1.82) is 0 Å². The van der Waals surface area contributed by atoms with Crippen LogP contribution in [0.4, 0.5) is 13.2 Å². The summed E-state index contributed by atoms with van der Waals surface area (Å²) in [6.07, 6.45) is -4.49. The fourth-order valence-corrected chi connectivity index (χ4v) is 1.79. The Labute approximate surface area is 116 Å². The maximum Gasteiger partial charge on any atom is 0.416 e. The van der Waals surface area contributed by atoms with Gasteiger partial charge in [-0.2, -0.15) is 18.3 Å². The number of hydrogen-bond donors (Lipinski definition) is 1. The standard InChI is InChI=1S/C12H8ClF3N2O2/c1-20-11(19)10-5-9(17-18-10)7-4-6(12(14,15)16)2-3-8(7)13/h2-5H,1H3,(H,17,18). The predicted octanol–water partition coefficient (Wildman–Crippen LogP) is 3.54. The molecule has 0 spiro atoms. The van der Waals surface area contributed by atoms with E-state index in [0.29, 0.717) is 0 Å². The number of aromatic amines is 1. The Kier molecular flexibility index (Phi) is 3.71. The molecule has 1 heterocycles. The maximum absolute atomic E-state index is 12.7. The SMILES string of the molecule is COC(=O)c1cc(-c2cc(C(F)(F)F)ccc2Cl)n[nH]1. The average Bonchev–Trinajstić information content (AvgIpc) is 2.86. The lowest BCUT2D eigenvalue weighted by atomic mass is 10.1. The van der Waals surface area contributed by atoms with Gasteiger partial charge in [0.1, 0.15) is 5.69 Å². The molecule has 0 saturated heterocycles. The lowest BCUT2D eigenvalue weighted by Gasteiger charge is -2.08. The molecule has 8 heteroatoms. The first-order valence-electron chi connectivity index (χ1n) is 5.34. The number of aromatic nitrogens is 2. The van der Waals surface area contributed by atoms with Crippen LogP contribution in [0.3, 0.4) is 0 Å². The molecule has 0 atom stereocenters. The second-order valence-corrected chi connectivity index (χ2v) is 4.26. The number of esters is 1. The number of carbonyl (C=O) groups excluding carboxylic acids is 1. The largest absolute Gasteiger partial charge is 0.464 e. The number of methoxy groups -OCH3 is 1. The van der Waals surface area contributed by atoms with E-state index < -0.39 is 17.7 Å². The molecule has 0 aliphatic rings. The van der Waals surface area contributed by atoms with Crippen molar-refractivity contribution in [3.8, 4) is 11.3 Å². The van der Waals surface area contributed by atoms with E-state index in [1.165, 1.54) is 13.2 Å². The zero-order valence-electron chi connectivity index (χ0n) is 10.1. The molecule has 0 aliphatic heterocycles. The minimum Gasteiger partial charge on any atom is -0.464 e. The van der Waals surface area contributed by atoms with Crippen molar-refractivity contribution in [1.82, 2.24) is 10.2 Å². The van der Waals surface area contributed by atoms with Crippen LogP contribution in [0.15, 0.2) is 24.3 Å². The number of nitrogens with one attached hydrogen (secondary N) is 1. The van der Waals surface area contributed by atoms with Crippen LogP contribution in [0.5, 0.6) is 0 Å². The molecule has 0 amide bonds. The number of hydrogen-bond acceptors (Lipinski definition) is 3. The van der Waals surface area contributed by atoms with Crippen LogP contribution in [0, 0.1) is 0 Å².